The second kappa shape index (κ2) is 2.58. The Labute approximate surface area is 74.7 Å². The highest BCUT2D eigenvalue weighted by Crippen LogP contribution is 1.98. The van der Waals surface area contributed by atoms with Crippen LogP contribution < -0.4 is 5.56 Å². The maximum Gasteiger partial charge on any atom is 0.280 e. The van der Waals surface area contributed by atoms with E-state index in [0.29, 0.717) is 11.2 Å². The molecule has 0 saturated heterocycles. The molecule has 0 aliphatic carbocycles. The van der Waals surface area contributed by atoms with Gasteiger partial charge in [0.1, 0.15) is 5.52 Å². The van der Waals surface area contributed by atoms with E-state index in [1.165, 1.54) is 4.57 Å². The van der Waals surface area contributed by atoms with Crippen LogP contribution in [0.1, 0.15) is 6.92 Å². The van der Waals surface area contributed by atoms with E-state index >= 15 is 0 Å². The lowest BCUT2D eigenvalue weighted by Gasteiger charge is -2.03. The van der Waals surface area contributed by atoms with Gasteiger partial charge in [-0.2, -0.15) is 5.10 Å². The van der Waals surface area contributed by atoms with E-state index in [4.69, 9.17) is 0 Å². The smallest absolute Gasteiger partial charge is 0.280 e. The van der Waals surface area contributed by atoms with Gasteiger partial charge in [-0.3, -0.25) is 9.36 Å². The van der Waals surface area contributed by atoms with Crippen LogP contribution in [0.15, 0.2) is 36.0 Å². The van der Waals surface area contributed by atoms with Crippen molar-refractivity contribution in [2.24, 2.45) is 0 Å². The molecular weight excluding hydrogens is 166 g/mol. The zero-order valence-electron chi connectivity index (χ0n) is 7.27. The Morgan fingerprint density at radius 2 is 2.31 bits per heavy atom. The molecule has 2 heterocycles. The molecule has 4 heteroatoms. The molecule has 2 rings (SSSR count). The highest BCUT2D eigenvalue weighted by molar-refractivity contribution is 5.48. The van der Waals surface area contributed by atoms with Crippen LogP contribution in [0.25, 0.3) is 11.2 Å². The van der Waals surface area contributed by atoms with Crippen molar-refractivity contribution in [2.45, 2.75) is 6.92 Å². The van der Waals surface area contributed by atoms with Gasteiger partial charge in [0.2, 0.25) is 0 Å². The number of allylic oxidation sites excluding steroid dienone is 1. The average Bonchev–Trinajstić information content (AvgIpc) is 2.52. The molecule has 13 heavy (non-hydrogen) atoms. The van der Waals surface area contributed by atoms with E-state index in [1.54, 1.807) is 36.1 Å². The summed E-state index contributed by atoms with van der Waals surface area (Å²) in [6.45, 7) is 5.50. The monoisotopic (exact) mass is 175 g/mol. The number of fused-ring (bicyclic) bond motifs is 1. The molecule has 0 atom stereocenters. The van der Waals surface area contributed by atoms with E-state index in [2.05, 4.69) is 11.7 Å². The van der Waals surface area contributed by atoms with Gasteiger partial charge in [0.25, 0.3) is 5.56 Å². The first-order chi connectivity index (χ1) is 6.20. The maximum atomic E-state index is 11.7. The highest BCUT2D eigenvalue weighted by Gasteiger charge is 2.02. The van der Waals surface area contributed by atoms with Gasteiger partial charge in [-0.15, -0.1) is 0 Å². The summed E-state index contributed by atoms with van der Waals surface area (Å²) in [4.78, 5) is 11.7. The molecule has 0 spiro atoms. The van der Waals surface area contributed by atoms with Crippen molar-refractivity contribution in [1.29, 1.82) is 0 Å². The summed E-state index contributed by atoms with van der Waals surface area (Å²) in [5, 5.41) is 3.95. The topological polar surface area (TPSA) is 39.3 Å². The van der Waals surface area contributed by atoms with Crippen LogP contribution in [0.5, 0.6) is 0 Å². The number of aromatic nitrogens is 3. The van der Waals surface area contributed by atoms with Crippen molar-refractivity contribution < 1.29 is 0 Å². The van der Waals surface area contributed by atoms with Crippen molar-refractivity contribution in [2.75, 3.05) is 0 Å². The molecule has 0 radical (unpaired) electrons. The van der Waals surface area contributed by atoms with Crippen LogP contribution in [0.2, 0.25) is 0 Å². The Bertz CT molecular complexity index is 521. The zero-order valence-corrected chi connectivity index (χ0v) is 7.27. The summed E-state index contributed by atoms with van der Waals surface area (Å²) in [7, 11) is 0. The van der Waals surface area contributed by atoms with Crippen molar-refractivity contribution >= 4 is 11.2 Å². The molecule has 0 aromatic carbocycles. The molecule has 2 aromatic heterocycles. The Balaban J connectivity index is 2.89. The summed E-state index contributed by atoms with van der Waals surface area (Å²) in [5.74, 6) is 0. The minimum absolute atomic E-state index is 0.0903. The predicted octanol–water partition coefficient (Wildman–Crippen LogP) is 0.987. The molecule has 0 fully saturated rings. The quantitative estimate of drug-likeness (QED) is 0.648. The van der Waals surface area contributed by atoms with Gasteiger partial charge < -0.3 is 0 Å². The minimum Gasteiger partial charge on any atom is -0.286 e. The Kier molecular flexibility index (Phi) is 1.55. The number of nitrogens with zero attached hydrogens (tertiary/aromatic N) is 3. The Morgan fingerprint density at radius 3 is 3.00 bits per heavy atom. The molecule has 0 N–H and O–H groups in total. The highest BCUT2D eigenvalue weighted by atomic mass is 16.1. The molecule has 0 unspecified atom stereocenters. The maximum absolute atomic E-state index is 11.7. The molecule has 2 aromatic rings. The fourth-order valence-corrected chi connectivity index (χ4v) is 1.22. The third-order valence-electron chi connectivity index (χ3n) is 1.88. The van der Waals surface area contributed by atoms with E-state index in [-0.39, 0.29) is 5.56 Å². The summed E-state index contributed by atoms with van der Waals surface area (Å²) >= 11 is 0. The molecule has 66 valence electrons. The van der Waals surface area contributed by atoms with Crippen molar-refractivity contribution in [3.8, 4) is 0 Å². The van der Waals surface area contributed by atoms with Gasteiger partial charge in [-0.1, -0.05) is 6.58 Å². The SMILES string of the molecule is C=C(C)n1ccn2nccc2c1=O. The molecular formula is C9H9N3O. The van der Waals surface area contributed by atoms with E-state index in [1.807, 2.05) is 0 Å². The van der Waals surface area contributed by atoms with Crippen LogP contribution in [0.3, 0.4) is 0 Å². The lowest BCUT2D eigenvalue weighted by Crippen LogP contribution is -2.19. The van der Waals surface area contributed by atoms with Crippen LogP contribution in [-0.4, -0.2) is 14.2 Å². The van der Waals surface area contributed by atoms with Gasteiger partial charge >= 0.3 is 0 Å². The largest absolute Gasteiger partial charge is 0.286 e. The number of hydrogen-bond acceptors (Lipinski definition) is 2. The minimum atomic E-state index is -0.0903. The Morgan fingerprint density at radius 1 is 1.54 bits per heavy atom. The molecule has 0 saturated carbocycles. The fourth-order valence-electron chi connectivity index (χ4n) is 1.22. The second-order valence-corrected chi connectivity index (χ2v) is 2.87. The lowest BCUT2D eigenvalue weighted by molar-refractivity contribution is 0.896. The molecule has 0 amide bonds. The van der Waals surface area contributed by atoms with E-state index in [0.717, 1.165) is 0 Å². The van der Waals surface area contributed by atoms with Crippen LogP contribution in [0, 0.1) is 0 Å². The van der Waals surface area contributed by atoms with E-state index < -0.39 is 0 Å². The van der Waals surface area contributed by atoms with Gasteiger partial charge in [0.15, 0.2) is 0 Å². The zero-order chi connectivity index (χ0) is 9.42. The summed E-state index contributed by atoms with van der Waals surface area (Å²) < 4.78 is 3.04. The first-order valence-corrected chi connectivity index (χ1v) is 3.91. The van der Waals surface area contributed by atoms with Crippen LogP contribution in [-0.2, 0) is 0 Å². The summed E-state index contributed by atoms with van der Waals surface area (Å²) in [5.41, 5.74) is 1.17. The average molecular weight is 175 g/mol. The van der Waals surface area contributed by atoms with Gasteiger partial charge in [0.05, 0.1) is 6.20 Å². The fraction of sp³-hybridized carbons (Fsp3) is 0.111. The normalized spacial score (nSPS) is 10.5. The first kappa shape index (κ1) is 7.79. The summed E-state index contributed by atoms with van der Waals surface area (Å²) in [6, 6.07) is 1.68. The van der Waals surface area contributed by atoms with Crippen LogP contribution in [0.4, 0.5) is 0 Å². The summed E-state index contributed by atoms with van der Waals surface area (Å²) in [6.07, 6.45) is 4.98. The lowest BCUT2D eigenvalue weighted by atomic mass is 10.4. The second-order valence-electron chi connectivity index (χ2n) is 2.87. The molecule has 0 aliphatic rings. The van der Waals surface area contributed by atoms with E-state index in [9.17, 15) is 4.79 Å². The third-order valence-corrected chi connectivity index (χ3v) is 1.88. The standard InChI is InChI=1S/C9H9N3O/c1-7(2)11-5-6-12-8(9(11)13)3-4-10-12/h3-6H,1H2,2H3. The van der Waals surface area contributed by atoms with Crippen molar-refractivity contribution in [3.63, 3.8) is 0 Å². The number of hydrogen-bond donors (Lipinski definition) is 0. The molecule has 0 bridgehead atoms. The van der Waals surface area contributed by atoms with Crippen molar-refractivity contribution in [1.82, 2.24) is 14.2 Å². The molecule has 0 aliphatic heterocycles. The van der Waals surface area contributed by atoms with Crippen LogP contribution >= 0.6 is 0 Å². The van der Waals surface area contributed by atoms with Gasteiger partial charge in [-0.25, -0.2) is 4.52 Å². The molecule has 4 nitrogen and oxygen atoms in total. The predicted molar refractivity (Wildman–Crippen MR) is 50.5 cm³/mol. The van der Waals surface area contributed by atoms with Gasteiger partial charge in [-0.05, 0) is 13.0 Å². The Hall–Kier alpha value is -1.84. The third kappa shape index (κ3) is 1.07. The first-order valence-electron chi connectivity index (χ1n) is 3.91. The number of rotatable bonds is 1. The van der Waals surface area contributed by atoms with Gasteiger partial charge in [0, 0.05) is 18.1 Å². The van der Waals surface area contributed by atoms with Crippen molar-refractivity contribution in [3.05, 3.63) is 41.6 Å².